The van der Waals surface area contributed by atoms with Crippen LogP contribution in [-0.4, -0.2) is 4.98 Å². The van der Waals surface area contributed by atoms with E-state index in [1.165, 1.54) is 11.1 Å². The lowest BCUT2D eigenvalue weighted by Gasteiger charge is -2.06. The van der Waals surface area contributed by atoms with Crippen molar-refractivity contribution in [3.05, 3.63) is 59.4 Å². The molecule has 0 bridgehead atoms. The molecule has 0 unspecified atom stereocenters. The van der Waals surface area contributed by atoms with Gasteiger partial charge in [-0.25, -0.2) is 0 Å². The molecule has 0 aliphatic rings. The fourth-order valence-corrected chi connectivity index (χ4v) is 1.88. The standard InChI is InChI=1S/C14H14BrNO/c1-11-3-2-4-12(7-11)10-17-14-6-5-13(8-15)16-9-14/h2-7,9H,8,10H2,1H3. The number of benzene rings is 1. The zero-order valence-corrected chi connectivity index (χ0v) is 11.3. The minimum Gasteiger partial charge on any atom is -0.487 e. The summed E-state index contributed by atoms with van der Waals surface area (Å²) in [6.07, 6.45) is 1.76. The van der Waals surface area contributed by atoms with E-state index in [0.717, 1.165) is 16.8 Å². The second-order valence-electron chi connectivity index (χ2n) is 3.90. The Labute approximate surface area is 110 Å². The Morgan fingerprint density at radius 1 is 1.24 bits per heavy atom. The van der Waals surface area contributed by atoms with E-state index in [4.69, 9.17) is 4.74 Å². The molecule has 2 aromatic rings. The molecule has 0 saturated heterocycles. The first-order chi connectivity index (χ1) is 8.28. The van der Waals surface area contributed by atoms with Gasteiger partial charge in [0.15, 0.2) is 0 Å². The molecular weight excluding hydrogens is 278 g/mol. The predicted molar refractivity (Wildman–Crippen MR) is 72.4 cm³/mol. The maximum absolute atomic E-state index is 5.67. The van der Waals surface area contributed by atoms with Crippen LogP contribution in [0.2, 0.25) is 0 Å². The number of hydrogen-bond donors (Lipinski definition) is 0. The van der Waals surface area contributed by atoms with E-state index in [1.807, 2.05) is 18.2 Å². The molecule has 0 aliphatic carbocycles. The van der Waals surface area contributed by atoms with Gasteiger partial charge in [-0.05, 0) is 24.6 Å². The molecule has 0 saturated carbocycles. The summed E-state index contributed by atoms with van der Waals surface area (Å²) in [7, 11) is 0. The molecule has 0 fully saturated rings. The zero-order valence-electron chi connectivity index (χ0n) is 9.69. The maximum Gasteiger partial charge on any atom is 0.138 e. The highest BCUT2D eigenvalue weighted by Crippen LogP contribution is 2.13. The predicted octanol–water partition coefficient (Wildman–Crippen LogP) is 3.86. The van der Waals surface area contributed by atoms with Crippen molar-refractivity contribution in [2.24, 2.45) is 0 Å². The van der Waals surface area contributed by atoms with E-state index < -0.39 is 0 Å². The largest absolute Gasteiger partial charge is 0.487 e. The van der Waals surface area contributed by atoms with Crippen molar-refractivity contribution in [3.8, 4) is 5.75 Å². The van der Waals surface area contributed by atoms with Crippen LogP contribution >= 0.6 is 15.9 Å². The van der Waals surface area contributed by atoms with Crippen molar-refractivity contribution in [3.63, 3.8) is 0 Å². The number of nitrogens with zero attached hydrogens (tertiary/aromatic N) is 1. The van der Waals surface area contributed by atoms with Crippen molar-refractivity contribution in [1.29, 1.82) is 0 Å². The summed E-state index contributed by atoms with van der Waals surface area (Å²) >= 11 is 3.36. The van der Waals surface area contributed by atoms with Gasteiger partial charge >= 0.3 is 0 Å². The molecule has 17 heavy (non-hydrogen) atoms. The highest BCUT2D eigenvalue weighted by atomic mass is 79.9. The Morgan fingerprint density at radius 2 is 2.12 bits per heavy atom. The van der Waals surface area contributed by atoms with Crippen LogP contribution in [0.5, 0.6) is 5.75 Å². The van der Waals surface area contributed by atoms with Gasteiger partial charge in [-0.2, -0.15) is 0 Å². The molecule has 0 spiro atoms. The summed E-state index contributed by atoms with van der Waals surface area (Å²) in [4.78, 5) is 4.26. The highest BCUT2D eigenvalue weighted by Gasteiger charge is 1.97. The smallest absolute Gasteiger partial charge is 0.138 e. The molecular formula is C14H14BrNO. The van der Waals surface area contributed by atoms with Crippen molar-refractivity contribution in [2.45, 2.75) is 18.9 Å². The van der Waals surface area contributed by atoms with Crippen molar-refractivity contribution >= 4 is 15.9 Å². The third-order valence-electron chi connectivity index (χ3n) is 2.42. The fraction of sp³-hybridized carbons (Fsp3) is 0.214. The number of aromatic nitrogens is 1. The van der Waals surface area contributed by atoms with Gasteiger partial charge in [0.25, 0.3) is 0 Å². The van der Waals surface area contributed by atoms with Crippen LogP contribution in [0.25, 0.3) is 0 Å². The molecule has 1 heterocycles. The zero-order chi connectivity index (χ0) is 12.1. The topological polar surface area (TPSA) is 22.1 Å². The number of hydrogen-bond acceptors (Lipinski definition) is 2. The van der Waals surface area contributed by atoms with Crippen LogP contribution in [0.1, 0.15) is 16.8 Å². The third kappa shape index (κ3) is 3.56. The molecule has 88 valence electrons. The van der Waals surface area contributed by atoms with E-state index >= 15 is 0 Å². The van der Waals surface area contributed by atoms with Gasteiger partial charge in [-0.1, -0.05) is 45.8 Å². The third-order valence-corrected chi connectivity index (χ3v) is 3.00. The number of rotatable bonds is 4. The van der Waals surface area contributed by atoms with Gasteiger partial charge in [0.1, 0.15) is 12.4 Å². The quantitative estimate of drug-likeness (QED) is 0.798. The number of halogens is 1. The molecule has 1 aromatic carbocycles. The van der Waals surface area contributed by atoms with Crippen LogP contribution in [0.3, 0.4) is 0 Å². The van der Waals surface area contributed by atoms with Crippen LogP contribution in [-0.2, 0) is 11.9 Å². The fourth-order valence-electron chi connectivity index (χ4n) is 1.54. The lowest BCUT2D eigenvalue weighted by Crippen LogP contribution is -1.96. The first-order valence-electron chi connectivity index (χ1n) is 5.47. The first-order valence-corrected chi connectivity index (χ1v) is 6.59. The molecule has 0 aliphatic heterocycles. The van der Waals surface area contributed by atoms with Crippen LogP contribution < -0.4 is 4.74 Å². The number of alkyl halides is 1. The van der Waals surface area contributed by atoms with E-state index in [1.54, 1.807) is 6.20 Å². The summed E-state index contributed by atoms with van der Waals surface area (Å²) in [5.74, 6) is 0.802. The van der Waals surface area contributed by atoms with Crippen molar-refractivity contribution in [1.82, 2.24) is 4.98 Å². The normalized spacial score (nSPS) is 10.2. The molecule has 0 amide bonds. The second-order valence-corrected chi connectivity index (χ2v) is 4.46. The summed E-state index contributed by atoms with van der Waals surface area (Å²) in [6.45, 7) is 2.66. The molecule has 0 radical (unpaired) electrons. The summed E-state index contributed by atoms with van der Waals surface area (Å²) in [6, 6.07) is 12.2. The summed E-state index contributed by atoms with van der Waals surface area (Å²) in [5, 5.41) is 0.769. The first kappa shape index (κ1) is 12.1. The Bertz CT molecular complexity index is 482. The molecule has 0 atom stereocenters. The summed E-state index contributed by atoms with van der Waals surface area (Å²) in [5.41, 5.74) is 3.43. The van der Waals surface area contributed by atoms with Crippen LogP contribution in [0.4, 0.5) is 0 Å². The average molecular weight is 292 g/mol. The lowest BCUT2D eigenvalue weighted by atomic mass is 10.1. The van der Waals surface area contributed by atoms with Crippen LogP contribution in [0.15, 0.2) is 42.6 Å². The molecule has 0 N–H and O–H groups in total. The van der Waals surface area contributed by atoms with E-state index in [2.05, 4.69) is 46.0 Å². The number of pyridine rings is 1. The minimum atomic E-state index is 0.580. The monoisotopic (exact) mass is 291 g/mol. The Morgan fingerprint density at radius 3 is 2.76 bits per heavy atom. The average Bonchev–Trinajstić information content (AvgIpc) is 2.37. The Hall–Kier alpha value is -1.35. The van der Waals surface area contributed by atoms with E-state index in [9.17, 15) is 0 Å². The number of ether oxygens (including phenoxy) is 1. The van der Waals surface area contributed by atoms with Gasteiger partial charge in [-0.3, -0.25) is 4.98 Å². The van der Waals surface area contributed by atoms with Crippen molar-refractivity contribution in [2.75, 3.05) is 0 Å². The number of aryl methyl sites for hydroxylation is 1. The Balaban J connectivity index is 1.97. The Kier molecular flexibility index (Phi) is 4.15. The van der Waals surface area contributed by atoms with Gasteiger partial charge in [0, 0.05) is 5.33 Å². The summed E-state index contributed by atoms with van der Waals surface area (Å²) < 4.78 is 5.67. The van der Waals surface area contributed by atoms with Gasteiger partial charge < -0.3 is 4.74 Å². The maximum atomic E-state index is 5.67. The second kappa shape index (κ2) is 5.82. The highest BCUT2D eigenvalue weighted by molar-refractivity contribution is 9.08. The molecule has 1 aromatic heterocycles. The molecule has 2 rings (SSSR count). The van der Waals surface area contributed by atoms with Crippen molar-refractivity contribution < 1.29 is 4.74 Å². The molecule has 3 heteroatoms. The molecule has 2 nitrogen and oxygen atoms in total. The van der Waals surface area contributed by atoms with Gasteiger partial charge in [0.05, 0.1) is 11.9 Å². The minimum absolute atomic E-state index is 0.580. The van der Waals surface area contributed by atoms with E-state index in [-0.39, 0.29) is 0 Å². The van der Waals surface area contributed by atoms with Gasteiger partial charge in [-0.15, -0.1) is 0 Å². The lowest BCUT2D eigenvalue weighted by molar-refractivity contribution is 0.305. The van der Waals surface area contributed by atoms with Gasteiger partial charge in [0.2, 0.25) is 0 Å². The SMILES string of the molecule is Cc1cccc(COc2ccc(CBr)nc2)c1. The van der Waals surface area contributed by atoms with E-state index in [0.29, 0.717) is 6.61 Å². The van der Waals surface area contributed by atoms with Crippen LogP contribution in [0, 0.1) is 6.92 Å².